The molecule has 1 amide bonds. The monoisotopic (exact) mass is 556 g/mol. The lowest BCUT2D eigenvalue weighted by atomic mass is 10.0. The summed E-state index contributed by atoms with van der Waals surface area (Å²) in [5, 5.41) is 22.6. The fourth-order valence-corrected chi connectivity index (χ4v) is 5.23. The largest absolute Gasteiger partial charge is 0.394 e. The Labute approximate surface area is 243 Å². The van der Waals surface area contributed by atoms with Crippen LogP contribution < -0.4 is 5.32 Å². The van der Waals surface area contributed by atoms with Crippen molar-refractivity contribution < 1.29 is 19.7 Å². The molecule has 0 heterocycles. The van der Waals surface area contributed by atoms with Gasteiger partial charge in [-0.2, -0.15) is 0 Å². The second-order valence-electron chi connectivity index (χ2n) is 12.1. The van der Waals surface area contributed by atoms with Crippen molar-refractivity contribution in [1.82, 2.24) is 5.32 Å². The summed E-state index contributed by atoms with van der Waals surface area (Å²) in [6.07, 6.45) is 32.7. The van der Waals surface area contributed by atoms with Crippen LogP contribution in [0, 0.1) is 0 Å². The first-order valence-electron chi connectivity index (χ1n) is 17.2. The Hall–Kier alpha value is -0.650. The van der Waals surface area contributed by atoms with Crippen molar-refractivity contribution in [2.75, 3.05) is 26.4 Å². The molecule has 0 fully saturated rings. The van der Waals surface area contributed by atoms with E-state index in [2.05, 4.69) is 19.2 Å². The lowest BCUT2D eigenvalue weighted by Gasteiger charge is -2.30. The van der Waals surface area contributed by atoms with Gasteiger partial charge in [0.25, 0.3) is 0 Å². The van der Waals surface area contributed by atoms with Crippen LogP contribution in [0.1, 0.15) is 181 Å². The van der Waals surface area contributed by atoms with Gasteiger partial charge in [-0.25, -0.2) is 0 Å². The van der Waals surface area contributed by atoms with Crippen LogP contribution in [0.15, 0.2) is 0 Å². The van der Waals surface area contributed by atoms with E-state index in [9.17, 15) is 15.0 Å². The van der Waals surface area contributed by atoms with Gasteiger partial charge in [-0.15, -0.1) is 0 Å². The van der Waals surface area contributed by atoms with Crippen molar-refractivity contribution in [3.8, 4) is 0 Å². The molecule has 0 rings (SSSR count). The average Bonchev–Trinajstić information content (AvgIpc) is 2.95. The summed E-state index contributed by atoms with van der Waals surface area (Å²) in [5.41, 5.74) is -1.08. The summed E-state index contributed by atoms with van der Waals surface area (Å²) in [7, 11) is 0. The molecule has 0 atom stereocenters. The van der Waals surface area contributed by atoms with Gasteiger partial charge in [0.1, 0.15) is 5.54 Å². The highest BCUT2D eigenvalue weighted by Gasteiger charge is 2.30. The highest BCUT2D eigenvalue weighted by Crippen LogP contribution is 2.14. The van der Waals surface area contributed by atoms with Crippen molar-refractivity contribution in [2.45, 2.75) is 186 Å². The third-order valence-corrected chi connectivity index (χ3v) is 8.04. The zero-order valence-corrected chi connectivity index (χ0v) is 26.4. The molecule has 0 aliphatic rings. The SMILES string of the molecule is CCCCCCCCCCCCCCCC(=O)NC(CO)(CO)COCCCCCCCCCCCCCC. The Bertz CT molecular complexity index is 496. The molecule has 0 aromatic heterocycles. The number of carbonyl (C=O) groups is 1. The summed E-state index contributed by atoms with van der Waals surface area (Å²) < 4.78 is 5.76. The van der Waals surface area contributed by atoms with Crippen LogP contribution in [-0.4, -0.2) is 48.1 Å². The lowest BCUT2D eigenvalue weighted by molar-refractivity contribution is -0.126. The van der Waals surface area contributed by atoms with Crippen molar-refractivity contribution >= 4 is 5.91 Å². The molecule has 0 bridgehead atoms. The molecule has 3 N–H and O–H groups in total. The molecule has 39 heavy (non-hydrogen) atoms. The summed E-state index contributed by atoms with van der Waals surface area (Å²) >= 11 is 0. The van der Waals surface area contributed by atoms with Crippen LogP contribution in [0.5, 0.6) is 0 Å². The first-order valence-corrected chi connectivity index (χ1v) is 17.2. The van der Waals surface area contributed by atoms with Gasteiger partial charge in [-0.05, 0) is 12.8 Å². The smallest absolute Gasteiger partial charge is 0.220 e. The molecule has 0 aromatic carbocycles. The van der Waals surface area contributed by atoms with Crippen LogP contribution in [0.4, 0.5) is 0 Å². The van der Waals surface area contributed by atoms with Gasteiger partial charge in [-0.1, -0.05) is 162 Å². The normalized spacial score (nSPS) is 11.8. The number of ether oxygens (including phenoxy) is 1. The molecule has 5 heteroatoms. The van der Waals surface area contributed by atoms with E-state index >= 15 is 0 Å². The third-order valence-electron chi connectivity index (χ3n) is 8.04. The zero-order chi connectivity index (χ0) is 28.7. The number of rotatable bonds is 32. The van der Waals surface area contributed by atoms with Gasteiger partial charge < -0.3 is 20.3 Å². The Balaban J connectivity index is 3.68. The first-order chi connectivity index (χ1) is 19.1. The van der Waals surface area contributed by atoms with Gasteiger partial charge in [-0.3, -0.25) is 4.79 Å². The number of amides is 1. The Morgan fingerprint density at radius 1 is 0.538 bits per heavy atom. The maximum absolute atomic E-state index is 12.4. The molecular weight excluding hydrogens is 486 g/mol. The molecule has 0 unspecified atom stereocenters. The van der Waals surface area contributed by atoms with Crippen molar-refractivity contribution in [3.05, 3.63) is 0 Å². The molecule has 234 valence electrons. The van der Waals surface area contributed by atoms with Crippen molar-refractivity contribution in [3.63, 3.8) is 0 Å². The second-order valence-corrected chi connectivity index (χ2v) is 12.1. The number of unbranched alkanes of at least 4 members (excludes halogenated alkanes) is 23. The number of carbonyl (C=O) groups excluding carboxylic acids is 1. The van der Waals surface area contributed by atoms with Crippen molar-refractivity contribution in [2.24, 2.45) is 0 Å². The number of hydrogen-bond acceptors (Lipinski definition) is 4. The summed E-state index contributed by atoms with van der Waals surface area (Å²) in [6.45, 7) is 4.66. The molecule has 0 saturated carbocycles. The fraction of sp³-hybridized carbons (Fsp3) is 0.971. The van der Waals surface area contributed by atoms with E-state index in [0.717, 1.165) is 25.7 Å². The van der Waals surface area contributed by atoms with Gasteiger partial charge in [0, 0.05) is 13.0 Å². The standard InChI is InChI=1S/C34H69NO4/c1-3-5-7-9-11-13-15-17-18-20-22-24-26-28-33(38)35-34(30-36,31-37)32-39-29-27-25-23-21-19-16-14-12-10-8-6-4-2/h36-37H,3-32H2,1-2H3,(H,35,38). The van der Waals surface area contributed by atoms with Gasteiger partial charge >= 0.3 is 0 Å². The molecule has 0 aliphatic carbocycles. The summed E-state index contributed by atoms with van der Waals surface area (Å²) in [5.74, 6) is -0.102. The van der Waals surface area contributed by atoms with Gasteiger partial charge in [0.05, 0.1) is 19.8 Å². The minimum atomic E-state index is -1.08. The molecule has 0 spiro atoms. The Kier molecular flexibility index (Phi) is 29.8. The molecule has 0 aliphatic heterocycles. The van der Waals surface area contributed by atoms with Crippen LogP contribution in [0.3, 0.4) is 0 Å². The van der Waals surface area contributed by atoms with E-state index in [-0.39, 0.29) is 25.7 Å². The maximum Gasteiger partial charge on any atom is 0.220 e. The second kappa shape index (κ2) is 30.3. The number of hydrogen-bond donors (Lipinski definition) is 3. The molecule has 0 saturated heterocycles. The third kappa shape index (κ3) is 26.0. The van der Waals surface area contributed by atoms with Crippen LogP contribution in [0.25, 0.3) is 0 Å². The first kappa shape index (κ1) is 38.4. The minimum absolute atomic E-state index is 0.102. The number of nitrogens with one attached hydrogen (secondary N) is 1. The molecular formula is C34H69NO4. The zero-order valence-electron chi connectivity index (χ0n) is 26.4. The Morgan fingerprint density at radius 3 is 1.23 bits per heavy atom. The summed E-state index contributed by atoms with van der Waals surface area (Å²) in [6, 6.07) is 0. The number of aliphatic hydroxyl groups excluding tert-OH is 2. The summed E-state index contributed by atoms with van der Waals surface area (Å²) in [4.78, 5) is 12.4. The highest BCUT2D eigenvalue weighted by molar-refractivity contribution is 5.76. The molecule has 5 nitrogen and oxygen atoms in total. The lowest BCUT2D eigenvalue weighted by Crippen LogP contribution is -2.57. The highest BCUT2D eigenvalue weighted by atomic mass is 16.5. The topological polar surface area (TPSA) is 78.8 Å². The van der Waals surface area contributed by atoms with Crippen LogP contribution in [0.2, 0.25) is 0 Å². The predicted molar refractivity (Wildman–Crippen MR) is 167 cm³/mol. The average molecular weight is 556 g/mol. The van der Waals surface area contributed by atoms with Crippen LogP contribution in [-0.2, 0) is 9.53 Å². The van der Waals surface area contributed by atoms with Crippen molar-refractivity contribution in [1.29, 1.82) is 0 Å². The van der Waals surface area contributed by atoms with E-state index in [0.29, 0.717) is 13.0 Å². The van der Waals surface area contributed by atoms with E-state index in [4.69, 9.17) is 4.74 Å². The van der Waals surface area contributed by atoms with E-state index < -0.39 is 5.54 Å². The molecule has 0 aromatic rings. The van der Waals surface area contributed by atoms with E-state index in [1.165, 1.54) is 135 Å². The minimum Gasteiger partial charge on any atom is -0.394 e. The fourth-order valence-electron chi connectivity index (χ4n) is 5.23. The van der Waals surface area contributed by atoms with Gasteiger partial charge in [0.2, 0.25) is 5.91 Å². The van der Waals surface area contributed by atoms with Crippen LogP contribution >= 0.6 is 0 Å². The maximum atomic E-state index is 12.4. The number of aliphatic hydroxyl groups is 2. The van der Waals surface area contributed by atoms with E-state index in [1.807, 2.05) is 0 Å². The Morgan fingerprint density at radius 2 is 0.872 bits per heavy atom. The van der Waals surface area contributed by atoms with E-state index in [1.54, 1.807) is 0 Å². The quantitative estimate of drug-likeness (QED) is 0.0724. The molecule has 0 radical (unpaired) electrons. The predicted octanol–water partition coefficient (Wildman–Crippen LogP) is 9.03. The van der Waals surface area contributed by atoms with Gasteiger partial charge in [0.15, 0.2) is 0 Å².